The summed E-state index contributed by atoms with van der Waals surface area (Å²) < 4.78 is 0. The van der Waals surface area contributed by atoms with Crippen LogP contribution in [0.5, 0.6) is 0 Å². The largest absolute Gasteiger partial charge is 0.347 e. The standard InChI is InChI=1S/C17H19N7/c1-17(2,3)13-19-12-10-8-6-7-9-11(10)18-15-21-14(23(4)5)22-16(20-13)24(12)15/h6-9H,1-5H3. The van der Waals surface area contributed by atoms with Gasteiger partial charge in [0.25, 0.3) is 0 Å². The zero-order valence-electron chi connectivity index (χ0n) is 14.4. The van der Waals surface area contributed by atoms with Gasteiger partial charge in [0.05, 0.1) is 5.36 Å². The number of hydrogen-bond acceptors (Lipinski definition) is 7. The van der Waals surface area contributed by atoms with E-state index in [1.165, 1.54) is 0 Å². The summed E-state index contributed by atoms with van der Waals surface area (Å²) in [6.07, 6.45) is 0. The van der Waals surface area contributed by atoms with Crippen LogP contribution in [0, 0.1) is 5.41 Å². The molecule has 0 saturated carbocycles. The van der Waals surface area contributed by atoms with E-state index in [9.17, 15) is 0 Å². The van der Waals surface area contributed by atoms with Crippen molar-refractivity contribution in [1.82, 2.24) is 9.80 Å². The van der Waals surface area contributed by atoms with Crippen molar-refractivity contribution in [3.63, 3.8) is 0 Å². The molecule has 0 saturated heterocycles. The first-order chi connectivity index (χ1) is 11.3. The number of rotatable bonds is 0. The molecule has 1 aromatic rings. The molecule has 7 heteroatoms. The fourth-order valence-corrected chi connectivity index (χ4v) is 2.59. The van der Waals surface area contributed by atoms with E-state index in [2.05, 4.69) is 40.7 Å². The van der Waals surface area contributed by atoms with Crippen molar-refractivity contribution in [3.05, 3.63) is 34.8 Å². The zero-order valence-corrected chi connectivity index (χ0v) is 14.4. The molecule has 3 heterocycles. The molecule has 4 rings (SSSR count). The molecule has 7 nitrogen and oxygen atoms in total. The Labute approximate surface area is 140 Å². The van der Waals surface area contributed by atoms with Crippen LogP contribution >= 0.6 is 0 Å². The van der Waals surface area contributed by atoms with Crippen molar-refractivity contribution < 1.29 is 0 Å². The van der Waals surface area contributed by atoms with Crippen molar-refractivity contribution in [2.75, 3.05) is 14.1 Å². The Morgan fingerprint density at radius 3 is 2.29 bits per heavy atom. The second-order valence-corrected chi connectivity index (χ2v) is 7.10. The van der Waals surface area contributed by atoms with E-state index in [1.54, 1.807) is 0 Å². The molecular formula is C17H19N7. The van der Waals surface area contributed by atoms with Gasteiger partial charge in [0.1, 0.15) is 5.84 Å². The normalized spacial score (nSPS) is 18.5. The first-order valence-electron chi connectivity index (χ1n) is 7.85. The maximum absolute atomic E-state index is 4.82. The molecule has 0 radical (unpaired) electrons. The first-order valence-corrected chi connectivity index (χ1v) is 7.85. The molecule has 0 N–H and O–H groups in total. The maximum atomic E-state index is 4.82. The van der Waals surface area contributed by atoms with E-state index in [0.29, 0.717) is 17.9 Å². The smallest absolute Gasteiger partial charge is 0.243 e. The number of amidine groups is 1. The van der Waals surface area contributed by atoms with E-state index in [1.807, 2.05) is 48.2 Å². The average molecular weight is 321 g/mol. The molecule has 0 aromatic heterocycles. The lowest BCUT2D eigenvalue weighted by atomic mass is 9.95. The van der Waals surface area contributed by atoms with Crippen LogP contribution in [0.3, 0.4) is 0 Å². The minimum atomic E-state index is -0.182. The number of aliphatic imine (C=N–C) groups is 4. The van der Waals surface area contributed by atoms with Gasteiger partial charge in [0, 0.05) is 24.7 Å². The van der Waals surface area contributed by atoms with Crippen LogP contribution < -0.4 is 10.6 Å². The lowest BCUT2D eigenvalue weighted by Gasteiger charge is -2.33. The van der Waals surface area contributed by atoms with Crippen molar-refractivity contribution in [3.8, 4) is 0 Å². The van der Waals surface area contributed by atoms with Gasteiger partial charge in [-0.2, -0.15) is 15.0 Å². The van der Waals surface area contributed by atoms with E-state index >= 15 is 0 Å². The summed E-state index contributed by atoms with van der Waals surface area (Å²) in [5.41, 5.74) is -0.182. The highest BCUT2D eigenvalue weighted by atomic mass is 15.5. The summed E-state index contributed by atoms with van der Waals surface area (Å²) in [7, 11) is 3.81. The van der Waals surface area contributed by atoms with Crippen LogP contribution in [0.4, 0.5) is 0 Å². The molecule has 0 bridgehead atoms. The van der Waals surface area contributed by atoms with Crippen molar-refractivity contribution >= 4 is 29.5 Å². The molecule has 0 unspecified atom stereocenters. The monoisotopic (exact) mass is 321 g/mol. The zero-order chi connectivity index (χ0) is 17.1. The SMILES string of the molecule is CN(C)C1=NC2=NC(C(C)(C)C)=NC3=c4ccccc4=NC(=N1)N23. The van der Waals surface area contributed by atoms with Gasteiger partial charge in [0.15, 0.2) is 5.82 Å². The van der Waals surface area contributed by atoms with Gasteiger partial charge in [-0.25, -0.2) is 14.9 Å². The minimum absolute atomic E-state index is 0.182. The van der Waals surface area contributed by atoms with E-state index in [0.717, 1.165) is 22.2 Å². The summed E-state index contributed by atoms with van der Waals surface area (Å²) in [6.45, 7) is 6.29. The van der Waals surface area contributed by atoms with Gasteiger partial charge in [-0.15, -0.1) is 0 Å². The third-order valence-corrected chi connectivity index (χ3v) is 3.87. The summed E-state index contributed by atoms with van der Waals surface area (Å²) in [4.78, 5) is 27.0. The Hall–Kier alpha value is -2.83. The first kappa shape index (κ1) is 14.7. The second kappa shape index (κ2) is 4.83. The predicted molar refractivity (Wildman–Crippen MR) is 95.4 cm³/mol. The number of benzene rings is 1. The number of para-hydroxylation sites is 1. The highest BCUT2D eigenvalue weighted by molar-refractivity contribution is 6.20. The summed E-state index contributed by atoms with van der Waals surface area (Å²) in [6, 6.07) is 7.94. The van der Waals surface area contributed by atoms with Crippen LogP contribution in [0.1, 0.15) is 20.8 Å². The van der Waals surface area contributed by atoms with Crippen LogP contribution in [-0.4, -0.2) is 47.6 Å². The van der Waals surface area contributed by atoms with Crippen molar-refractivity contribution in [2.24, 2.45) is 30.4 Å². The number of fused-ring (bicyclic) bond motifs is 1. The maximum Gasteiger partial charge on any atom is 0.243 e. The number of nitrogens with zero attached hydrogens (tertiary/aromatic N) is 7. The van der Waals surface area contributed by atoms with Crippen LogP contribution in [0.2, 0.25) is 0 Å². The molecule has 0 aliphatic carbocycles. The van der Waals surface area contributed by atoms with E-state index in [-0.39, 0.29) is 5.41 Å². The molecule has 122 valence electrons. The van der Waals surface area contributed by atoms with Crippen molar-refractivity contribution in [1.29, 1.82) is 0 Å². The van der Waals surface area contributed by atoms with Crippen LogP contribution in [0.15, 0.2) is 49.2 Å². The lowest BCUT2D eigenvalue weighted by Crippen LogP contribution is -2.50. The average Bonchev–Trinajstić information content (AvgIpc) is 2.53. The Morgan fingerprint density at radius 1 is 0.875 bits per heavy atom. The highest BCUT2D eigenvalue weighted by Crippen LogP contribution is 2.27. The fourth-order valence-electron chi connectivity index (χ4n) is 2.59. The Balaban J connectivity index is 2.07. The summed E-state index contributed by atoms with van der Waals surface area (Å²) in [5, 5.41) is 1.83. The molecule has 3 aliphatic heterocycles. The molecule has 0 spiro atoms. The van der Waals surface area contributed by atoms with Gasteiger partial charge >= 0.3 is 0 Å². The molecule has 1 aromatic carbocycles. The molecular weight excluding hydrogens is 302 g/mol. The summed E-state index contributed by atoms with van der Waals surface area (Å²) in [5.74, 6) is 3.24. The quantitative estimate of drug-likeness (QED) is 0.709. The van der Waals surface area contributed by atoms with Gasteiger partial charge in [-0.05, 0) is 12.1 Å². The Morgan fingerprint density at radius 2 is 1.58 bits per heavy atom. The van der Waals surface area contributed by atoms with Crippen molar-refractivity contribution in [2.45, 2.75) is 20.8 Å². The predicted octanol–water partition coefficient (Wildman–Crippen LogP) is 0.789. The lowest BCUT2D eigenvalue weighted by molar-refractivity contribution is 0.576. The Bertz CT molecular complexity index is 971. The third kappa shape index (κ3) is 2.16. The molecule has 0 atom stereocenters. The number of guanidine groups is 3. The van der Waals surface area contributed by atoms with Crippen LogP contribution in [-0.2, 0) is 0 Å². The van der Waals surface area contributed by atoms with E-state index < -0.39 is 0 Å². The molecule has 24 heavy (non-hydrogen) atoms. The topological polar surface area (TPSA) is 68.3 Å². The highest BCUT2D eigenvalue weighted by Gasteiger charge is 2.35. The van der Waals surface area contributed by atoms with Gasteiger partial charge in [-0.3, -0.25) is 0 Å². The van der Waals surface area contributed by atoms with Crippen LogP contribution in [0.25, 0.3) is 5.82 Å². The number of hydrogen-bond donors (Lipinski definition) is 0. The fraction of sp³-hybridized carbons (Fsp3) is 0.353. The second-order valence-electron chi connectivity index (χ2n) is 7.10. The third-order valence-electron chi connectivity index (χ3n) is 3.87. The Kier molecular flexibility index (Phi) is 2.97. The van der Waals surface area contributed by atoms with E-state index in [4.69, 9.17) is 4.99 Å². The minimum Gasteiger partial charge on any atom is -0.347 e. The summed E-state index contributed by atoms with van der Waals surface area (Å²) >= 11 is 0. The molecule has 0 amide bonds. The molecule has 3 aliphatic rings. The molecule has 0 fully saturated rings. The van der Waals surface area contributed by atoms with Gasteiger partial charge in [0.2, 0.25) is 17.9 Å². The van der Waals surface area contributed by atoms with Gasteiger partial charge < -0.3 is 4.90 Å². The van der Waals surface area contributed by atoms with Gasteiger partial charge in [-0.1, -0.05) is 32.9 Å².